The topological polar surface area (TPSA) is 20.2 Å². The van der Waals surface area contributed by atoms with Gasteiger partial charge in [-0.05, 0) is 37.5 Å². The standard InChI is InChI=1S/C13H28O/c1-7-12(10(2)3)8-9-13(6,14)11(4)5/h10-12,14H,7-9H2,1-6H3. The minimum absolute atomic E-state index is 0.354. The first-order valence-corrected chi connectivity index (χ1v) is 6.03. The zero-order valence-electron chi connectivity index (χ0n) is 10.8. The molecule has 86 valence electrons. The van der Waals surface area contributed by atoms with Gasteiger partial charge in [0.2, 0.25) is 0 Å². The van der Waals surface area contributed by atoms with Crippen molar-refractivity contribution in [1.82, 2.24) is 0 Å². The zero-order valence-corrected chi connectivity index (χ0v) is 10.8. The average Bonchev–Trinajstić information content (AvgIpc) is 2.04. The van der Waals surface area contributed by atoms with Crippen LogP contribution in [0.1, 0.15) is 60.8 Å². The van der Waals surface area contributed by atoms with Crippen LogP contribution in [0.2, 0.25) is 0 Å². The largest absolute Gasteiger partial charge is 0.390 e. The number of hydrogen-bond donors (Lipinski definition) is 1. The Bertz CT molecular complexity index is 147. The molecule has 0 aromatic rings. The monoisotopic (exact) mass is 200 g/mol. The SMILES string of the molecule is CCC(CCC(C)(O)C(C)C)C(C)C. The summed E-state index contributed by atoms with van der Waals surface area (Å²) in [6, 6.07) is 0. The van der Waals surface area contributed by atoms with Gasteiger partial charge in [-0.2, -0.15) is 0 Å². The van der Waals surface area contributed by atoms with E-state index in [9.17, 15) is 5.11 Å². The van der Waals surface area contributed by atoms with Gasteiger partial charge in [0.1, 0.15) is 0 Å². The lowest BCUT2D eigenvalue weighted by Crippen LogP contribution is -2.31. The van der Waals surface area contributed by atoms with Crippen LogP contribution in [-0.2, 0) is 0 Å². The number of aliphatic hydroxyl groups is 1. The first-order chi connectivity index (χ1) is 6.31. The molecule has 0 aliphatic carbocycles. The van der Waals surface area contributed by atoms with Gasteiger partial charge in [0.15, 0.2) is 0 Å². The Labute approximate surface area is 89.9 Å². The molecule has 0 aliphatic heterocycles. The molecule has 2 unspecified atom stereocenters. The summed E-state index contributed by atoms with van der Waals surface area (Å²) < 4.78 is 0. The van der Waals surface area contributed by atoms with E-state index < -0.39 is 5.60 Å². The Kier molecular flexibility index (Phi) is 5.73. The van der Waals surface area contributed by atoms with E-state index in [0.29, 0.717) is 5.92 Å². The van der Waals surface area contributed by atoms with Crippen LogP contribution in [0.5, 0.6) is 0 Å². The van der Waals surface area contributed by atoms with E-state index in [0.717, 1.165) is 24.7 Å². The van der Waals surface area contributed by atoms with Gasteiger partial charge in [0.25, 0.3) is 0 Å². The van der Waals surface area contributed by atoms with Gasteiger partial charge in [-0.25, -0.2) is 0 Å². The van der Waals surface area contributed by atoms with Crippen molar-refractivity contribution in [1.29, 1.82) is 0 Å². The van der Waals surface area contributed by atoms with Crippen molar-refractivity contribution in [3.8, 4) is 0 Å². The molecule has 1 nitrogen and oxygen atoms in total. The lowest BCUT2D eigenvalue weighted by Gasteiger charge is -2.30. The van der Waals surface area contributed by atoms with Gasteiger partial charge in [0.05, 0.1) is 5.60 Å². The number of rotatable bonds is 6. The van der Waals surface area contributed by atoms with Crippen LogP contribution in [-0.4, -0.2) is 10.7 Å². The van der Waals surface area contributed by atoms with Crippen molar-refractivity contribution >= 4 is 0 Å². The minimum atomic E-state index is -0.484. The molecule has 0 bridgehead atoms. The fourth-order valence-corrected chi connectivity index (χ4v) is 1.78. The quantitative estimate of drug-likeness (QED) is 0.690. The third kappa shape index (κ3) is 4.45. The molecule has 2 atom stereocenters. The second kappa shape index (κ2) is 5.75. The van der Waals surface area contributed by atoms with Crippen molar-refractivity contribution in [2.24, 2.45) is 17.8 Å². The maximum atomic E-state index is 10.1. The molecule has 0 aromatic heterocycles. The van der Waals surface area contributed by atoms with Crippen molar-refractivity contribution < 1.29 is 5.11 Å². The molecule has 14 heavy (non-hydrogen) atoms. The Morgan fingerprint density at radius 1 is 1.14 bits per heavy atom. The molecular weight excluding hydrogens is 172 g/mol. The summed E-state index contributed by atoms with van der Waals surface area (Å²) in [4.78, 5) is 0. The molecule has 0 rings (SSSR count). The van der Waals surface area contributed by atoms with Crippen molar-refractivity contribution in [2.45, 2.75) is 66.4 Å². The predicted molar refractivity (Wildman–Crippen MR) is 63.3 cm³/mol. The fourth-order valence-electron chi connectivity index (χ4n) is 1.78. The molecule has 0 aliphatic rings. The number of hydrogen-bond acceptors (Lipinski definition) is 1. The highest BCUT2D eigenvalue weighted by molar-refractivity contribution is 4.78. The molecular formula is C13H28O. The molecule has 1 heteroatoms. The van der Waals surface area contributed by atoms with Crippen LogP contribution in [0.3, 0.4) is 0 Å². The molecule has 0 saturated carbocycles. The van der Waals surface area contributed by atoms with Crippen molar-refractivity contribution in [2.75, 3.05) is 0 Å². The Morgan fingerprint density at radius 3 is 1.93 bits per heavy atom. The second-order valence-electron chi connectivity index (χ2n) is 5.46. The Hall–Kier alpha value is -0.0400. The van der Waals surface area contributed by atoms with E-state index in [-0.39, 0.29) is 0 Å². The van der Waals surface area contributed by atoms with E-state index in [1.165, 1.54) is 6.42 Å². The summed E-state index contributed by atoms with van der Waals surface area (Å²) in [5.74, 6) is 1.86. The van der Waals surface area contributed by atoms with E-state index >= 15 is 0 Å². The van der Waals surface area contributed by atoms with Gasteiger partial charge in [-0.1, -0.05) is 41.0 Å². The molecule has 0 fully saturated rings. The molecule has 0 spiro atoms. The first kappa shape index (κ1) is 14.0. The van der Waals surface area contributed by atoms with E-state index in [2.05, 4.69) is 34.6 Å². The molecule has 0 aromatic carbocycles. The summed E-state index contributed by atoms with van der Waals surface area (Å²) in [5.41, 5.74) is -0.484. The highest BCUT2D eigenvalue weighted by Gasteiger charge is 2.26. The smallest absolute Gasteiger partial charge is 0.0642 e. The fraction of sp³-hybridized carbons (Fsp3) is 1.00. The van der Waals surface area contributed by atoms with Gasteiger partial charge < -0.3 is 5.11 Å². The van der Waals surface area contributed by atoms with Crippen LogP contribution < -0.4 is 0 Å². The second-order valence-corrected chi connectivity index (χ2v) is 5.46. The highest BCUT2D eigenvalue weighted by Crippen LogP contribution is 2.28. The molecule has 0 radical (unpaired) electrons. The highest BCUT2D eigenvalue weighted by atomic mass is 16.3. The normalized spacial score (nSPS) is 18.6. The molecule has 0 amide bonds. The van der Waals surface area contributed by atoms with Gasteiger partial charge in [0, 0.05) is 0 Å². The van der Waals surface area contributed by atoms with Crippen molar-refractivity contribution in [3.63, 3.8) is 0 Å². The summed E-state index contributed by atoms with van der Waals surface area (Å²) in [6.07, 6.45) is 3.31. The van der Waals surface area contributed by atoms with Crippen molar-refractivity contribution in [3.05, 3.63) is 0 Å². The minimum Gasteiger partial charge on any atom is -0.390 e. The third-order valence-electron chi connectivity index (χ3n) is 3.73. The van der Waals surface area contributed by atoms with Gasteiger partial charge in [-0.3, -0.25) is 0 Å². The molecule has 0 saturated heterocycles. The maximum absolute atomic E-state index is 10.1. The van der Waals surface area contributed by atoms with Gasteiger partial charge in [-0.15, -0.1) is 0 Å². The first-order valence-electron chi connectivity index (χ1n) is 6.03. The van der Waals surface area contributed by atoms with Crippen LogP contribution in [0.25, 0.3) is 0 Å². The summed E-state index contributed by atoms with van der Waals surface area (Å²) >= 11 is 0. The van der Waals surface area contributed by atoms with Crippen LogP contribution in [0.15, 0.2) is 0 Å². The van der Waals surface area contributed by atoms with E-state index in [1.807, 2.05) is 6.92 Å². The molecule has 1 N–H and O–H groups in total. The van der Waals surface area contributed by atoms with E-state index in [4.69, 9.17) is 0 Å². The lowest BCUT2D eigenvalue weighted by molar-refractivity contribution is -0.00197. The van der Waals surface area contributed by atoms with E-state index in [1.54, 1.807) is 0 Å². The van der Waals surface area contributed by atoms with Crippen LogP contribution >= 0.6 is 0 Å². The third-order valence-corrected chi connectivity index (χ3v) is 3.73. The predicted octanol–water partition coefficient (Wildman–Crippen LogP) is 3.86. The average molecular weight is 200 g/mol. The summed E-state index contributed by atoms with van der Waals surface area (Å²) in [5, 5.41) is 10.1. The van der Waals surface area contributed by atoms with Crippen LogP contribution in [0.4, 0.5) is 0 Å². The lowest BCUT2D eigenvalue weighted by atomic mass is 9.81. The zero-order chi connectivity index (χ0) is 11.4. The molecule has 0 heterocycles. The Balaban J connectivity index is 4.02. The summed E-state index contributed by atoms with van der Waals surface area (Å²) in [6.45, 7) is 12.9. The Morgan fingerprint density at radius 2 is 1.64 bits per heavy atom. The maximum Gasteiger partial charge on any atom is 0.0642 e. The van der Waals surface area contributed by atoms with Gasteiger partial charge >= 0.3 is 0 Å². The summed E-state index contributed by atoms with van der Waals surface area (Å²) in [7, 11) is 0. The van der Waals surface area contributed by atoms with Crippen LogP contribution in [0, 0.1) is 17.8 Å².